The molecule has 0 saturated heterocycles. The van der Waals surface area contributed by atoms with Gasteiger partial charge in [0, 0.05) is 17.8 Å². The lowest BCUT2D eigenvalue weighted by atomic mass is 10.00. The smallest absolute Gasteiger partial charge is 0.271 e. The number of rotatable bonds is 5. The fraction of sp³-hybridized carbons (Fsp3) is 0.150. The Balaban J connectivity index is 1.60. The average molecular weight is 477 g/mol. The molecule has 0 saturated carbocycles. The Morgan fingerprint density at radius 3 is 2.54 bits per heavy atom. The summed E-state index contributed by atoms with van der Waals surface area (Å²) in [4.78, 5) is 14.2. The van der Waals surface area contributed by atoms with Crippen LogP contribution in [-0.2, 0) is 27.8 Å². The molecule has 3 aromatic rings. The zero-order valence-electron chi connectivity index (χ0n) is 14.8. The van der Waals surface area contributed by atoms with Crippen LogP contribution in [0.4, 0.5) is 11.4 Å². The molecule has 0 fully saturated rings. The number of aryl methyl sites for hydroxylation is 1. The lowest BCUT2D eigenvalue weighted by molar-refractivity contribution is -0.119. The zero-order chi connectivity index (χ0) is 19.7. The fourth-order valence-corrected chi connectivity index (χ4v) is 6.27. The SMILES string of the molecule is O=C1CCc2cc(NS(=O)(=O)c3ccc(Br)s3)ccc2N1Cc1ccccc1. The maximum absolute atomic E-state index is 12.6. The van der Waals surface area contributed by atoms with Crippen molar-refractivity contribution in [1.82, 2.24) is 0 Å². The third-order valence-corrected chi connectivity index (χ3v) is 8.03. The predicted molar refractivity (Wildman–Crippen MR) is 115 cm³/mol. The first-order valence-electron chi connectivity index (χ1n) is 8.68. The van der Waals surface area contributed by atoms with Gasteiger partial charge in [-0.25, -0.2) is 8.42 Å². The van der Waals surface area contributed by atoms with Crippen LogP contribution in [-0.4, -0.2) is 14.3 Å². The summed E-state index contributed by atoms with van der Waals surface area (Å²) in [6, 6.07) is 18.4. The van der Waals surface area contributed by atoms with Gasteiger partial charge in [-0.3, -0.25) is 9.52 Å². The summed E-state index contributed by atoms with van der Waals surface area (Å²) >= 11 is 4.45. The highest BCUT2D eigenvalue weighted by Crippen LogP contribution is 2.33. The number of hydrogen-bond donors (Lipinski definition) is 1. The van der Waals surface area contributed by atoms with E-state index in [2.05, 4.69) is 20.7 Å². The number of halogens is 1. The lowest BCUT2D eigenvalue weighted by Gasteiger charge is -2.30. The Morgan fingerprint density at radius 2 is 1.82 bits per heavy atom. The highest BCUT2D eigenvalue weighted by atomic mass is 79.9. The Morgan fingerprint density at radius 1 is 1.04 bits per heavy atom. The molecule has 5 nitrogen and oxygen atoms in total. The van der Waals surface area contributed by atoms with Crippen molar-refractivity contribution in [3.05, 3.63) is 75.6 Å². The molecule has 1 aliphatic heterocycles. The Bertz CT molecular complexity index is 1130. The van der Waals surface area contributed by atoms with Crippen molar-refractivity contribution in [2.24, 2.45) is 0 Å². The van der Waals surface area contributed by atoms with Gasteiger partial charge in [-0.15, -0.1) is 11.3 Å². The minimum atomic E-state index is -3.63. The molecule has 28 heavy (non-hydrogen) atoms. The van der Waals surface area contributed by atoms with Gasteiger partial charge >= 0.3 is 0 Å². The second-order valence-corrected chi connectivity index (χ2v) is 10.8. The van der Waals surface area contributed by atoms with E-state index in [1.807, 2.05) is 42.5 Å². The minimum absolute atomic E-state index is 0.0770. The van der Waals surface area contributed by atoms with Gasteiger partial charge < -0.3 is 4.90 Å². The molecule has 0 bridgehead atoms. The number of nitrogens with zero attached hydrogens (tertiary/aromatic N) is 1. The molecule has 1 amide bonds. The Kier molecular flexibility index (Phi) is 5.27. The molecular weight excluding hydrogens is 460 g/mol. The molecule has 1 aliphatic rings. The molecule has 144 valence electrons. The second kappa shape index (κ2) is 7.69. The normalized spacial score (nSPS) is 14.0. The quantitative estimate of drug-likeness (QED) is 0.575. The minimum Gasteiger partial charge on any atom is -0.308 e. The van der Waals surface area contributed by atoms with E-state index in [-0.39, 0.29) is 10.1 Å². The van der Waals surface area contributed by atoms with Crippen LogP contribution in [0.15, 0.2) is 68.7 Å². The first kappa shape index (κ1) is 19.2. The summed E-state index contributed by atoms with van der Waals surface area (Å²) in [7, 11) is -3.63. The van der Waals surface area contributed by atoms with E-state index in [0.717, 1.165) is 31.9 Å². The summed E-state index contributed by atoms with van der Waals surface area (Å²) in [5.74, 6) is 0.0770. The van der Waals surface area contributed by atoms with Crippen molar-refractivity contribution in [1.29, 1.82) is 0 Å². The van der Waals surface area contributed by atoms with Crippen LogP contribution in [0.1, 0.15) is 17.5 Å². The zero-order valence-corrected chi connectivity index (χ0v) is 18.0. The van der Waals surface area contributed by atoms with Crippen LogP contribution in [0.25, 0.3) is 0 Å². The summed E-state index contributed by atoms with van der Waals surface area (Å²) in [6.07, 6.45) is 1.01. The van der Waals surface area contributed by atoms with E-state index in [1.165, 1.54) is 0 Å². The van der Waals surface area contributed by atoms with Gasteiger partial charge in [-0.2, -0.15) is 0 Å². The molecule has 2 aromatic carbocycles. The average Bonchev–Trinajstić information content (AvgIpc) is 3.12. The van der Waals surface area contributed by atoms with E-state index >= 15 is 0 Å². The van der Waals surface area contributed by atoms with E-state index in [0.29, 0.717) is 25.1 Å². The van der Waals surface area contributed by atoms with Gasteiger partial charge in [0.05, 0.1) is 10.3 Å². The first-order chi connectivity index (χ1) is 13.4. The first-order valence-corrected chi connectivity index (χ1v) is 11.8. The van der Waals surface area contributed by atoms with Crippen LogP contribution in [0.5, 0.6) is 0 Å². The number of carbonyl (C=O) groups excluding carboxylic acids is 1. The number of thiophene rings is 1. The van der Waals surface area contributed by atoms with Gasteiger partial charge in [0.2, 0.25) is 5.91 Å². The number of hydrogen-bond acceptors (Lipinski definition) is 4. The van der Waals surface area contributed by atoms with E-state index in [9.17, 15) is 13.2 Å². The third-order valence-electron chi connectivity index (χ3n) is 4.53. The summed E-state index contributed by atoms with van der Waals surface area (Å²) < 4.78 is 28.7. The molecule has 0 unspecified atom stereocenters. The molecule has 0 atom stereocenters. The van der Waals surface area contributed by atoms with Crippen molar-refractivity contribution in [3.8, 4) is 0 Å². The fourth-order valence-electron chi connectivity index (χ4n) is 3.21. The number of benzene rings is 2. The summed E-state index contributed by atoms with van der Waals surface area (Å²) in [5, 5.41) is 0. The lowest BCUT2D eigenvalue weighted by Crippen LogP contribution is -2.34. The molecule has 1 aromatic heterocycles. The third kappa shape index (κ3) is 3.99. The molecule has 0 spiro atoms. The summed E-state index contributed by atoms with van der Waals surface area (Å²) in [6.45, 7) is 0.501. The van der Waals surface area contributed by atoms with E-state index in [4.69, 9.17) is 0 Å². The van der Waals surface area contributed by atoms with Gasteiger partial charge in [0.1, 0.15) is 4.21 Å². The largest absolute Gasteiger partial charge is 0.308 e. The molecule has 8 heteroatoms. The molecule has 0 aliphatic carbocycles. The number of nitrogens with one attached hydrogen (secondary N) is 1. The number of anilines is 2. The summed E-state index contributed by atoms with van der Waals surface area (Å²) in [5.41, 5.74) is 3.35. The van der Waals surface area contributed by atoms with Crippen LogP contribution in [0.2, 0.25) is 0 Å². The molecule has 1 N–H and O–H groups in total. The number of fused-ring (bicyclic) bond motifs is 1. The Hall–Kier alpha value is -2.16. The second-order valence-electron chi connectivity index (χ2n) is 6.47. The van der Waals surface area contributed by atoms with E-state index in [1.54, 1.807) is 23.1 Å². The van der Waals surface area contributed by atoms with Crippen LogP contribution < -0.4 is 9.62 Å². The number of amides is 1. The van der Waals surface area contributed by atoms with Crippen molar-refractivity contribution in [2.75, 3.05) is 9.62 Å². The van der Waals surface area contributed by atoms with Crippen molar-refractivity contribution < 1.29 is 13.2 Å². The number of sulfonamides is 1. The van der Waals surface area contributed by atoms with Crippen molar-refractivity contribution in [2.45, 2.75) is 23.6 Å². The van der Waals surface area contributed by atoms with Crippen LogP contribution in [0.3, 0.4) is 0 Å². The molecule has 4 rings (SSSR count). The van der Waals surface area contributed by atoms with Crippen LogP contribution >= 0.6 is 27.3 Å². The standard InChI is InChI=1S/C20H17BrN2O3S2/c21-18-9-11-20(27-18)28(25,26)22-16-7-8-17-15(12-16)6-10-19(24)23(17)13-14-4-2-1-3-5-14/h1-5,7-9,11-12,22H,6,10,13H2. The maximum Gasteiger partial charge on any atom is 0.271 e. The molecule has 0 radical (unpaired) electrons. The Labute approximate surface area is 176 Å². The monoisotopic (exact) mass is 476 g/mol. The molecule has 2 heterocycles. The van der Waals surface area contributed by atoms with Crippen molar-refractivity contribution in [3.63, 3.8) is 0 Å². The van der Waals surface area contributed by atoms with Crippen molar-refractivity contribution >= 4 is 54.6 Å². The number of carbonyl (C=O) groups is 1. The van der Waals surface area contributed by atoms with Gasteiger partial charge in [-0.1, -0.05) is 30.3 Å². The topological polar surface area (TPSA) is 66.5 Å². The predicted octanol–water partition coefficient (Wildman–Crippen LogP) is 4.79. The van der Waals surface area contributed by atoms with Crippen LogP contribution in [0, 0.1) is 0 Å². The van der Waals surface area contributed by atoms with Gasteiger partial charge in [0.25, 0.3) is 10.0 Å². The maximum atomic E-state index is 12.6. The van der Waals surface area contributed by atoms with E-state index < -0.39 is 10.0 Å². The van der Waals surface area contributed by atoms with Gasteiger partial charge in [-0.05, 0) is 63.8 Å². The van der Waals surface area contributed by atoms with Gasteiger partial charge in [0.15, 0.2) is 0 Å². The highest BCUT2D eigenvalue weighted by Gasteiger charge is 2.25. The molecular formula is C20H17BrN2O3S2. The highest BCUT2D eigenvalue weighted by molar-refractivity contribution is 9.11.